The van der Waals surface area contributed by atoms with Crippen molar-refractivity contribution >= 4 is 45.5 Å². The largest absolute Gasteiger partial charge is 0.478 e. The first-order chi connectivity index (χ1) is 19.6. The van der Waals surface area contributed by atoms with Crippen LogP contribution in [0, 0.1) is 12.8 Å². The molecule has 41 heavy (non-hydrogen) atoms. The highest BCUT2D eigenvalue weighted by Gasteiger charge is 2.23. The van der Waals surface area contributed by atoms with Gasteiger partial charge < -0.3 is 15.0 Å². The van der Waals surface area contributed by atoms with Gasteiger partial charge in [0.1, 0.15) is 5.82 Å². The Hall–Kier alpha value is -3.91. The molecule has 0 radical (unpaired) electrons. The van der Waals surface area contributed by atoms with Gasteiger partial charge in [-0.2, -0.15) is 0 Å². The number of thioether (sulfide) groups is 1. The molecule has 214 valence electrons. The Morgan fingerprint density at radius 3 is 2.41 bits per heavy atom. The standard InChI is InChI=1S/C33H37N3O4S/c1-6-10-30-35-31-21(4)16-25(34-32(38)29(15-20(2)3)41-22(5)37)18-28(31)36(30)19-23-13-14-26(27(17-23)33(39)40)24-11-8-7-9-12-24/h7-9,11-14,16-18,20,29H,6,10,15,19H2,1-5H3,(H,34,38)(H,39,40)/t29-/m0/s1. The predicted molar refractivity (Wildman–Crippen MR) is 167 cm³/mol. The maximum absolute atomic E-state index is 13.2. The lowest BCUT2D eigenvalue weighted by Gasteiger charge is -2.17. The van der Waals surface area contributed by atoms with Gasteiger partial charge in [0.05, 0.1) is 21.8 Å². The molecule has 8 heteroatoms. The highest BCUT2D eigenvalue weighted by molar-refractivity contribution is 8.14. The molecule has 0 fully saturated rings. The number of carbonyl (C=O) groups is 3. The van der Waals surface area contributed by atoms with Gasteiger partial charge in [0.15, 0.2) is 5.12 Å². The molecule has 0 aliphatic heterocycles. The van der Waals surface area contributed by atoms with E-state index in [1.807, 2.05) is 75.4 Å². The van der Waals surface area contributed by atoms with Crippen LogP contribution in [-0.4, -0.2) is 36.9 Å². The van der Waals surface area contributed by atoms with E-state index in [1.165, 1.54) is 6.92 Å². The van der Waals surface area contributed by atoms with E-state index < -0.39 is 11.2 Å². The zero-order chi connectivity index (χ0) is 29.7. The Balaban J connectivity index is 1.73. The van der Waals surface area contributed by atoms with E-state index >= 15 is 0 Å². The van der Waals surface area contributed by atoms with E-state index in [0.29, 0.717) is 24.2 Å². The van der Waals surface area contributed by atoms with Crippen LogP contribution in [0.15, 0.2) is 60.7 Å². The van der Waals surface area contributed by atoms with Crippen molar-refractivity contribution in [3.8, 4) is 11.1 Å². The van der Waals surface area contributed by atoms with Crippen molar-refractivity contribution < 1.29 is 19.5 Å². The summed E-state index contributed by atoms with van der Waals surface area (Å²) < 4.78 is 2.11. The van der Waals surface area contributed by atoms with Crippen molar-refractivity contribution in [1.82, 2.24) is 9.55 Å². The zero-order valence-corrected chi connectivity index (χ0v) is 25.0. The lowest BCUT2D eigenvalue weighted by Crippen LogP contribution is -2.27. The summed E-state index contributed by atoms with van der Waals surface area (Å²) in [4.78, 5) is 42.2. The van der Waals surface area contributed by atoms with Gasteiger partial charge in [-0.15, -0.1) is 0 Å². The Bertz CT molecular complexity index is 1580. The molecule has 0 saturated carbocycles. The van der Waals surface area contributed by atoms with Crippen molar-refractivity contribution in [2.45, 2.75) is 65.7 Å². The maximum atomic E-state index is 13.2. The molecule has 3 aromatic carbocycles. The van der Waals surface area contributed by atoms with Crippen LogP contribution in [0.2, 0.25) is 0 Å². The predicted octanol–water partition coefficient (Wildman–Crippen LogP) is 7.34. The molecule has 0 saturated heterocycles. The van der Waals surface area contributed by atoms with Gasteiger partial charge >= 0.3 is 5.97 Å². The van der Waals surface area contributed by atoms with E-state index in [0.717, 1.165) is 58.2 Å². The van der Waals surface area contributed by atoms with Crippen LogP contribution in [0.4, 0.5) is 5.69 Å². The minimum absolute atomic E-state index is 0.0845. The van der Waals surface area contributed by atoms with Crippen molar-refractivity contribution in [1.29, 1.82) is 0 Å². The third-order valence-electron chi connectivity index (χ3n) is 6.89. The molecule has 0 bridgehead atoms. The number of aryl methyl sites for hydroxylation is 2. The van der Waals surface area contributed by atoms with Crippen molar-refractivity contribution in [3.05, 3.63) is 83.2 Å². The van der Waals surface area contributed by atoms with Gasteiger partial charge in [-0.3, -0.25) is 9.59 Å². The third-order valence-corrected chi connectivity index (χ3v) is 7.91. The number of carboxylic acid groups (broad SMARTS) is 1. The lowest BCUT2D eigenvalue weighted by molar-refractivity contribution is -0.116. The molecule has 0 aliphatic rings. The molecule has 0 unspecified atom stereocenters. The summed E-state index contributed by atoms with van der Waals surface area (Å²) in [5.74, 6) is 0.00188. The van der Waals surface area contributed by atoms with Crippen LogP contribution in [0.5, 0.6) is 0 Å². The summed E-state index contributed by atoms with van der Waals surface area (Å²) in [5.41, 5.74) is 5.92. The first-order valence-electron chi connectivity index (χ1n) is 14.0. The number of nitrogens with zero attached hydrogens (tertiary/aromatic N) is 2. The molecule has 1 atom stereocenters. The highest BCUT2D eigenvalue weighted by atomic mass is 32.2. The van der Waals surface area contributed by atoms with Crippen molar-refractivity contribution in [3.63, 3.8) is 0 Å². The van der Waals surface area contributed by atoms with Gasteiger partial charge in [-0.05, 0) is 66.1 Å². The van der Waals surface area contributed by atoms with Gasteiger partial charge in [0.25, 0.3) is 0 Å². The number of rotatable bonds is 11. The summed E-state index contributed by atoms with van der Waals surface area (Å²) >= 11 is 1.07. The Morgan fingerprint density at radius 1 is 1.05 bits per heavy atom. The van der Waals surface area contributed by atoms with E-state index in [-0.39, 0.29) is 22.5 Å². The molecule has 0 spiro atoms. The zero-order valence-electron chi connectivity index (χ0n) is 24.2. The molecule has 1 aromatic heterocycles. The monoisotopic (exact) mass is 571 g/mol. The summed E-state index contributed by atoms with van der Waals surface area (Å²) in [6.07, 6.45) is 2.26. The summed E-state index contributed by atoms with van der Waals surface area (Å²) in [6, 6.07) is 18.9. The molecule has 0 aliphatic carbocycles. The number of aromatic nitrogens is 2. The molecule has 1 heterocycles. The minimum atomic E-state index is -0.977. The second-order valence-electron chi connectivity index (χ2n) is 10.8. The van der Waals surface area contributed by atoms with E-state index in [2.05, 4.69) is 16.8 Å². The van der Waals surface area contributed by atoms with Crippen LogP contribution >= 0.6 is 11.8 Å². The van der Waals surface area contributed by atoms with Crippen LogP contribution < -0.4 is 5.32 Å². The second-order valence-corrected chi connectivity index (χ2v) is 12.2. The quantitative estimate of drug-likeness (QED) is 0.195. The number of anilines is 1. The molecule has 1 amide bonds. The summed E-state index contributed by atoms with van der Waals surface area (Å²) in [7, 11) is 0. The fourth-order valence-corrected chi connectivity index (χ4v) is 6.13. The topological polar surface area (TPSA) is 101 Å². The Kier molecular flexibility index (Phi) is 9.65. The van der Waals surface area contributed by atoms with Crippen molar-refractivity contribution in [2.75, 3.05) is 5.32 Å². The number of nitrogens with one attached hydrogen (secondary N) is 1. The highest BCUT2D eigenvalue weighted by Crippen LogP contribution is 2.30. The number of fused-ring (bicyclic) bond motifs is 1. The normalized spacial score (nSPS) is 12.0. The first-order valence-corrected chi connectivity index (χ1v) is 14.8. The number of aromatic carboxylic acids is 1. The van der Waals surface area contributed by atoms with Gasteiger partial charge in [0, 0.05) is 25.6 Å². The minimum Gasteiger partial charge on any atom is -0.478 e. The average Bonchev–Trinajstić information content (AvgIpc) is 3.25. The molecular weight excluding hydrogens is 534 g/mol. The number of hydrogen-bond acceptors (Lipinski definition) is 5. The number of carbonyl (C=O) groups excluding carboxylic acids is 2. The van der Waals surface area contributed by atoms with Gasteiger partial charge in [-0.1, -0.05) is 75.0 Å². The first kappa shape index (κ1) is 30.1. The SMILES string of the molecule is CCCc1nc2c(C)cc(NC(=O)[C@H](CC(C)C)SC(C)=O)cc2n1Cc1ccc(-c2ccccc2)c(C(=O)O)c1. The molecular formula is C33H37N3O4S. The second kappa shape index (κ2) is 13.2. The summed E-state index contributed by atoms with van der Waals surface area (Å²) in [5, 5.41) is 12.5. The number of carboxylic acids is 1. The third kappa shape index (κ3) is 7.24. The fraction of sp³-hybridized carbons (Fsp3) is 0.333. The Morgan fingerprint density at radius 2 is 1.78 bits per heavy atom. The number of amides is 1. The number of hydrogen-bond donors (Lipinski definition) is 2. The average molecular weight is 572 g/mol. The number of benzene rings is 3. The molecule has 7 nitrogen and oxygen atoms in total. The van der Waals surface area contributed by atoms with Crippen LogP contribution in [0.3, 0.4) is 0 Å². The van der Waals surface area contributed by atoms with E-state index in [1.54, 1.807) is 6.07 Å². The molecule has 4 aromatic rings. The fourth-order valence-electron chi connectivity index (χ4n) is 5.08. The Labute approximate surface area is 245 Å². The maximum Gasteiger partial charge on any atom is 0.336 e. The van der Waals surface area contributed by atoms with Crippen LogP contribution in [0.1, 0.15) is 67.8 Å². The molecule has 4 rings (SSSR count). The van der Waals surface area contributed by atoms with E-state index in [9.17, 15) is 19.5 Å². The smallest absolute Gasteiger partial charge is 0.336 e. The van der Waals surface area contributed by atoms with Crippen LogP contribution in [0.25, 0.3) is 22.2 Å². The number of imidazole rings is 1. The molecule has 2 N–H and O–H groups in total. The van der Waals surface area contributed by atoms with Crippen molar-refractivity contribution in [2.24, 2.45) is 5.92 Å². The van der Waals surface area contributed by atoms with Gasteiger partial charge in [-0.25, -0.2) is 9.78 Å². The van der Waals surface area contributed by atoms with Crippen LogP contribution in [-0.2, 0) is 22.6 Å². The lowest BCUT2D eigenvalue weighted by atomic mass is 9.97. The summed E-state index contributed by atoms with van der Waals surface area (Å²) in [6.45, 7) is 10.1. The van der Waals surface area contributed by atoms with Gasteiger partial charge in [0.2, 0.25) is 5.91 Å². The van der Waals surface area contributed by atoms with E-state index in [4.69, 9.17) is 4.98 Å².